The summed E-state index contributed by atoms with van der Waals surface area (Å²) in [6.07, 6.45) is 5.84. The van der Waals surface area contributed by atoms with Gasteiger partial charge in [-0.25, -0.2) is 4.99 Å². The third-order valence-corrected chi connectivity index (χ3v) is 3.67. The molecule has 2 nitrogen and oxygen atoms in total. The molecule has 1 aliphatic rings. The van der Waals surface area contributed by atoms with Crippen molar-refractivity contribution in [3.05, 3.63) is 83.1 Å². The first-order valence-electron chi connectivity index (χ1n) is 7.38. The van der Waals surface area contributed by atoms with Gasteiger partial charge >= 0.3 is 0 Å². The van der Waals surface area contributed by atoms with Crippen molar-refractivity contribution in [2.24, 2.45) is 4.99 Å². The Balaban J connectivity index is 1.85. The number of aryl methyl sites for hydroxylation is 1. The van der Waals surface area contributed by atoms with Crippen LogP contribution in [0.2, 0.25) is 0 Å². The van der Waals surface area contributed by atoms with Gasteiger partial charge in [0.2, 0.25) is 5.90 Å². The van der Waals surface area contributed by atoms with Gasteiger partial charge in [-0.15, -0.1) is 0 Å². The summed E-state index contributed by atoms with van der Waals surface area (Å²) in [5, 5.41) is 0. The van der Waals surface area contributed by atoms with Crippen molar-refractivity contribution in [1.82, 2.24) is 0 Å². The summed E-state index contributed by atoms with van der Waals surface area (Å²) >= 11 is 0. The summed E-state index contributed by atoms with van der Waals surface area (Å²) < 4.78 is 5.97. The minimum absolute atomic E-state index is 0.545. The summed E-state index contributed by atoms with van der Waals surface area (Å²) in [6.45, 7) is 2.71. The van der Waals surface area contributed by atoms with Crippen LogP contribution in [0.4, 0.5) is 0 Å². The van der Waals surface area contributed by atoms with Gasteiger partial charge in [0.25, 0.3) is 0 Å². The fourth-order valence-electron chi connectivity index (χ4n) is 2.43. The first-order valence-corrected chi connectivity index (χ1v) is 7.38. The van der Waals surface area contributed by atoms with Crippen LogP contribution in [0.5, 0.6) is 0 Å². The number of nitrogens with zero attached hydrogens (tertiary/aromatic N) is 1. The average molecular weight is 277 g/mol. The van der Waals surface area contributed by atoms with Crippen LogP contribution >= 0.6 is 0 Å². The van der Waals surface area contributed by atoms with Gasteiger partial charge in [-0.2, -0.15) is 0 Å². The maximum absolute atomic E-state index is 5.97. The quantitative estimate of drug-likeness (QED) is 0.820. The molecule has 1 heterocycles. The smallest absolute Gasteiger partial charge is 0.221 e. The molecule has 106 valence electrons. The fourth-order valence-corrected chi connectivity index (χ4v) is 2.43. The SMILES string of the molecule is CCc1ccc2c(c1)C(OCc1ccccc1)=NC=CC2. The van der Waals surface area contributed by atoms with Crippen molar-refractivity contribution in [3.8, 4) is 0 Å². The molecule has 2 aromatic rings. The van der Waals surface area contributed by atoms with Crippen LogP contribution in [0.3, 0.4) is 0 Å². The number of fused-ring (bicyclic) bond motifs is 1. The van der Waals surface area contributed by atoms with Gasteiger partial charge in [-0.1, -0.05) is 55.5 Å². The van der Waals surface area contributed by atoms with Gasteiger partial charge in [0.05, 0.1) is 0 Å². The first kappa shape index (κ1) is 13.6. The molecule has 3 rings (SSSR count). The molecule has 0 spiro atoms. The highest BCUT2D eigenvalue weighted by Crippen LogP contribution is 2.19. The molecule has 1 aliphatic heterocycles. The van der Waals surface area contributed by atoms with E-state index in [0.29, 0.717) is 6.61 Å². The molecular formula is C19H19NO. The zero-order valence-electron chi connectivity index (χ0n) is 12.3. The van der Waals surface area contributed by atoms with Gasteiger partial charge in [0.15, 0.2) is 0 Å². The Kier molecular flexibility index (Phi) is 4.15. The lowest BCUT2D eigenvalue weighted by Gasteiger charge is -2.12. The molecule has 2 aromatic carbocycles. The molecule has 0 aliphatic carbocycles. The minimum Gasteiger partial charge on any atom is -0.472 e. The van der Waals surface area contributed by atoms with Crippen molar-refractivity contribution >= 4 is 5.90 Å². The highest BCUT2D eigenvalue weighted by molar-refractivity contribution is 5.96. The van der Waals surface area contributed by atoms with Crippen molar-refractivity contribution in [1.29, 1.82) is 0 Å². The van der Waals surface area contributed by atoms with Crippen LogP contribution in [0, 0.1) is 0 Å². The Morgan fingerprint density at radius 1 is 1.05 bits per heavy atom. The van der Waals surface area contributed by atoms with Gasteiger partial charge in [0, 0.05) is 11.8 Å². The summed E-state index contributed by atoms with van der Waals surface area (Å²) in [4.78, 5) is 4.47. The minimum atomic E-state index is 0.545. The lowest BCUT2D eigenvalue weighted by Crippen LogP contribution is -2.09. The maximum Gasteiger partial charge on any atom is 0.221 e. The molecule has 0 atom stereocenters. The maximum atomic E-state index is 5.97. The van der Waals surface area contributed by atoms with Crippen LogP contribution in [0.25, 0.3) is 0 Å². The van der Waals surface area contributed by atoms with E-state index in [0.717, 1.165) is 29.9 Å². The number of rotatable bonds is 3. The topological polar surface area (TPSA) is 21.6 Å². The van der Waals surface area contributed by atoms with Crippen molar-refractivity contribution < 1.29 is 4.74 Å². The molecular weight excluding hydrogens is 258 g/mol. The summed E-state index contributed by atoms with van der Waals surface area (Å²) in [5.41, 5.74) is 4.86. The number of aliphatic imine (C=N–C) groups is 1. The van der Waals surface area contributed by atoms with Crippen molar-refractivity contribution in [2.75, 3.05) is 0 Å². The van der Waals surface area contributed by atoms with E-state index in [-0.39, 0.29) is 0 Å². The Hall–Kier alpha value is -2.35. The van der Waals surface area contributed by atoms with Crippen LogP contribution in [-0.2, 0) is 24.2 Å². The first-order chi connectivity index (χ1) is 10.4. The van der Waals surface area contributed by atoms with Crippen LogP contribution in [0.1, 0.15) is 29.2 Å². The number of hydrogen-bond donors (Lipinski definition) is 0. The second kappa shape index (κ2) is 6.40. The predicted molar refractivity (Wildman–Crippen MR) is 86.4 cm³/mol. The van der Waals surface area contributed by atoms with Gasteiger partial charge in [0.1, 0.15) is 6.61 Å². The molecule has 0 aromatic heterocycles. The molecule has 0 N–H and O–H groups in total. The fraction of sp³-hybridized carbons (Fsp3) is 0.211. The number of allylic oxidation sites excluding steroid dienone is 1. The molecule has 0 saturated heterocycles. The lowest BCUT2D eigenvalue weighted by atomic mass is 10.0. The monoisotopic (exact) mass is 277 g/mol. The van der Waals surface area contributed by atoms with E-state index in [1.165, 1.54) is 11.1 Å². The van der Waals surface area contributed by atoms with E-state index in [2.05, 4.69) is 48.3 Å². The van der Waals surface area contributed by atoms with Crippen molar-refractivity contribution in [3.63, 3.8) is 0 Å². The van der Waals surface area contributed by atoms with E-state index >= 15 is 0 Å². The lowest BCUT2D eigenvalue weighted by molar-refractivity contribution is 0.293. The molecule has 0 saturated carbocycles. The third-order valence-electron chi connectivity index (χ3n) is 3.67. The highest BCUT2D eigenvalue weighted by Gasteiger charge is 2.13. The molecule has 0 bridgehead atoms. The Morgan fingerprint density at radius 3 is 2.71 bits per heavy atom. The summed E-state index contributed by atoms with van der Waals surface area (Å²) in [5.74, 6) is 0.720. The molecule has 0 unspecified atom stereocenters. The zero-order chi connectivity index (χ0) is 14.5. The van der Waals surface area contributed by atoms with Crippen molar-refractivity contribution in [2.45, 2.75) is 26.4 Å². The Bertz CT molecular complexity index is 671. The summed E-state index contributed by atoms with van der Waals surface area (Å²) in [6, 6.07) is 16.8. The van der Waals surface area contributed by atoms with E-state index < -0.39 is 0 Å². The predicted octanol–water partition coefficient (Wildman–Crippen LogP) is 4.28. The standard InChI is InChI=1S/C19H19NO/c1-2-15-10-11-17-9-6-12-20-19(18(17)13-15)21-14-16-7-4-3-5-8-16/h3-8,10-13H,2,9,14H2,1H3. The van der Waals surface area contributed by atoms with E-state index in [1.807, 2.05) is 24.4 Å². The zero-order valence-corrected chi connectivity index (χ0v) is 12.3. The third kappa shape index (κ3) is 3.22. The van der Waals surface area contributed by atoms with Crippen LogP contribution in [-0.4, -0.2) is 5.90 Å². The van der Waals surface area contributed by atoms with E-state index in [1.54, 1.807) is 0 Å². The number of ether oxygens (including phenoxy) is 1. The number of benzene rings is 2. The average Bonchev–Trinajstić information content (AvgIpc) is 2.75. The van der Waals surface area contributed by atoms with Gasteiger partial charge in [-0.3, -0.25) is 0 Å². The van der Waals surface area contributed by atoms with E-state index in [9.17, 15) is 0 Å². The Morgan fingerprint density at radius 2 is 1.90 bits per heavy atom. The second-order valence-corrected chi connectivity index (χ2v) is 5.14. The largest absolute Gasteiger partial charge is 0.472 e. The second-order valence-electron chi connectivity index (χ2n) is 5.14. The molecule has 2 heteroatoms. The molecule has 0 fully saturated rings. The van der Waals surface area contributed by atoms with Gasteiger partial charge in [-0.05, 0) is 35.6 Å². The summed E-state index contributed by atoms with van der Waals surface area (Å²) in [7, 11) is 0. The van der Waals surface area contributed by atoms with Gasteiger partial charge < -0.3 is 4.74 Å². The van der Waals surface area contributed by atoms with Crippen LogP contribution in [0.15, 0.2) is 65.8 Å². The molecule has 0 radical (unpaired) electrons. The molecule has 21 heavy (non-hydrogen) atoms. The Labute approximate surface area is 125 Å². The highest BCUT2D eigenvalue weighted by atomic mass is 16.5. The van der Waals surface area contributed by atoms with E-state index in [4.69, 9.17) is 4.74 Å². The number of hydrogen-bond acceptors (Lipinski definition) is 2. The molecule has 0 amide bonds. The normalized spacial score (nSPS) is 13.3. The van der Waals surface area contributed by atoms with Crippen LogP contribution < -0.4 is 0 Å².